The van der Waals surface area contributed by atoms with Gasteiger partial charge in [-0.05, 0) is 57.4 Å². The van der Waals surface area contributed by atoms with Gasteiger partial charge in [-0.2, -0.15) is 0 Å². The molecule has 0 spiro atoms. The fraction of sp³-hybridized carbons (Fsp3) is 0.915. The first-order valence-electron chi connectivity index (χ1n) is 35.7. The van der Waals surface area contributed by atoms with Crippen LogP contribution in [-0.4, -0.2) is 74.3 Å². The summed E-state index contributed by atoms with van der Waals surface area (Å²) in [7, 11) is 1.52. The molecule has 0 aromatic rings. The zero-order valence-electron chi connectivity index (χ0n) is 55.1. The maximum atomic E-state index is 13.6. The van der Waals surface area contributed by atoms with Gasteiger partial charge in [0.15, 0.2) is 0 Å². The highest BCUT2D eigenvalue weighted by atomic mass is 31.2. The molecular formula is C71H140N2O7P+. The van der Waals surface area contributed by atoms with Gasteiger partial charge in [0, 0.05) is 12.8 Å². The quantitative estimate of drug-likeness (QED) is 0.0205. The third kappa shape index (κ3) is 62.8. The second-order valence-corrected chi connectivity index (χ2v) is 27.2. The van der Waals surface area contributed by atoms with Crippen LogP contribution in [0.2, 0.25) is 0 Å². The molecule has 9 nitrogen and oxygen atoms in total. The average Bonchev–Trinajstić information content (AvgIpc) is 3.43. The first-order chi connectivity index (χ1) is 39.4. The first-order valence-corrected chi connectivity index (χ1v) is 37.2. The molecule has 3 atom stereocenters. The summed E-state index contributed by atoms with van der Waals surface area (Å²) >= 11 is 0. The summed E-state index contributed by atoms with van der Waals surface area (Å²) in [6.07, 6.45) is 74.8. The van der Waals surface area contributed by atoms with Gasteiger partial charge in [-0.1, -0.05) is 322 Å². The Morgan fingerprint density at radius 2 is 0.716 bits per heavy atom. The molecule has 480 valence electrons. The van der Waals surface area contributed by atoms with Crippen LogP contribution in [0.3, 0.4) is 0 Å². The van der Waals surface area contributed by atoms with Gasteiger partial charge < -0.3 is 19.4 Å². The molecule has 0 aliphatic carbocycles. The number of unbranched alkanes of at least 4 members (excludes halogenated alkanes) is 48. The number of amides is 1. The van der Waals surface area contributed by atoms with Crippen LogP contribution in [0, 0.1) is 0 Å². The molecule has 81 heavy (non-hydrogen) atoms. The Bertz CT molecular complexity index is 1430. The highest BCUT2D eigenvalue weighted by Crippen LogP contribution is 2.43. The van der Waals surface area contributed by atoms with E-state index < -0.39 is 20.0 Å². The van der Waals surface area contributed by atoms with Crippen molar-refractivity contribution in [3.8, 4) is 0 Å². The Labute approximate surface area is 504 Å². The number of hydrogen-bond donors (Lipinski definition) is 2. The van der Waals surface area contributed by atoms with Crippen LogP contribution in [0.4, 0.5) is 0 Å². The lowest BCUT2D eigenvalue weighted by Crippen LogP contribution is -2.47. The number of carbonyl (C=O) groups excluding carboxylic acids is 2. The molecule has 0 aliphatic rings. The largest absolute Gasteiger partial charge is 0.472 e. The Kier molecular flexibility index (Phi) is 60.4. The maximum Gasteiger partial charge on any atom is 0.472 e. The van der Waals surface area contributed by atoms with Gasteiger partial charge in [0.1, 0.15) is 19.3 Å². The molecule has 0 fully saturated rings. The topological polar surface area (TPSA) is 111 Å². The van der Waals surface area contributed by atoms with E-state index in [0.717, 1.165) is 57.8 Å². The maximum absolute atomic E-state index is 13.6. The number of nitrogens with one attached hydrogen (secondary N) is 1. The Morgan fingerprint density at radius 3 is 1.05 bits per heavy atom. The van der Waals surface area contributed by atoms with Crippen molar-refractivity contribution in [2.75, 3.05) is 40.9 Å². The number of hydrogen-bond acceptors (Lipinski definition) is 6. The molecule has 0 radical (unpaired) electrons. The number of likely N-dealkylation sites (N-methyl/N-ethyl adjacent to an activating group) is 1. The number of allylic oxidation sites excluding steroid dienone is 3. The lowest BCUT2D eigenvalue weighted by atomic mass is 10.0. The van der Waals surface area contributed by atoms with Crippen LogP contribution in [-0.2, 0) is 27.9 Å². The van der Waals surface area contributed by atoms with E-state index in [0.29, 0.717) is 23.9 Å². The molecule has 0 rings (SSSR count). The standard InChI is InChI=1S/C71H139N2O7P/c1-7-10-13-16-19-22-25-27-29-31-33-34-35-36-37-38-40-42-44-46-49-52-55-58-61-64-71(75)80-69(62-59-56-53-50-47-24-21-18-15-12-9-3)68(67-79-81(76,77)78-66-65-73(4,5)6)72-70(74)63-60-57-54-51-48-45-43-41-39-32-30-28-26-23-20-17-14-11-8-2/h27,29,59,62,68-69H,7-26,28,30-58,60-61,63-67H2,1-6H3,(H-,72,74,76,77)/p+1/b29-27+,62-59+. The van der Waals surface area contributed by atoms with Crippen molar-refractivity contribution in [2.24, 2.45) is 0 Å². The fourth-order valence-corrected chi connectivity index (χ4v) is 11.6. The normalized spacial score (nSPS) is 13.6. The van der Waals surface area contributed by atoms with E-state index in [4.69, 9.17) is 13.8 Å². The van der Waals surface area contributed by atoms with Crippen LogP contribution < -0.4 is 5.32 Å². The number of phosphoric ester groups is 1. The van der Waals surface area contributed by atoms with Gasteiger partial charge in [-0.25, -0.2) is 4.57 Å². The molecule has 10 heteroatoms. The minimum atomic E-state index is -4.45. The minimum Gasteiger partial charge on any atom is -0.456 e. The smallest absolute Gasteiger partial charge is 0.456 e. The number of esters is 1. The number of nitrogens with zero attached hydrogens (tertiary/aromatic N) is 1. The van der Waals surface area contributed by atoms with E-state index in [1.165, 1.54) is 276 Å². The van der Waals surface area contributed by atoms with Crippen LogP contribution in [0.25, 0.3) is 0 Å². The van der Waals surface area contributed by atoms with Gasteiger partial charge in [0.05, 0.1) is 33.8 Å². The van der Waals surface area contributed by atoms with E-state index in [9.17, 15) is 19.0 Å². The summed E-state index contributed by atoms with van der Waals surface area (Å²) in [4.78, 5) is 37.8. The number of quaternary nitrogens is 1. The van der Waals surface area contributed by atoms with Gasteiger partial charge in [0.2, 0.25) is 5.91 Å². The van der Waals surface area contributed by atoms with Crippen molar-refractivity contribution in [2.45, 2.75) is 380 Å². The Hall–Kier alpha value is -1.51. The highest BCUT2D eigenvalue weighted by Gasteiger charge is 2.30. The minimum absolute atomic E-state index is 0.0447. The van der Waals surface area contributed by atoms with Crippen LogP contribution in [0.5, 0.6) is 0 Å². The highest BCUT2D eigenvalue weighted by molar-refractivity contribution is 7.47. The summed E-state index contributed by atoms with van der Waals surface area (Å²) in [5, 5.41) is 3.07. The third-order valence-electron chi connectivity index (χ3n) is 16.4. The van der Waals surface area contributed by atoms with Crippen molar-refractivity contribution < 1.29 is 37.3 Å². The summed E-state index contributed by atoms with van der Waals surface area (Å²) in [5.74, 6) is -0.482. The van der Waals surface area contributed by atoms with E-state index >= 15 is 0 Å². The molecular weight excluding hydrogens is 1020 g/mol. The Morgan fingerprint density at radius 1 is 0.420 bits per heavy atom. The third-order valence-corrected chi connectivity index (χ3v) is 17.4. The Balaban J connectivity index is 4.97. The molecule has 0 heterocycles. The number of carbonyl (C=O) groups is 2. The van der Waals surface area contributed by atoms with E-state index in [1.807, 2.05) is 33.3 Å². The van der Waals surface area contributed by atoms with Gasteiger partial charge in [0.25, 0.3) is 0 Å². The van der Waals surface area contributed by atoms with Crippen LogP contribution in [0.15, 0.2) is 24.3 Å². The van der Waals surface area contributed by atoms with Crippen LogP contribution in [0.1, 0.15) is 367 Å². The summed E-state index contributed by atoms with van der Waals surface area (Å²) < 4.78 is 30.8. The van der Waals surface area contributed by atoms with E-state index in [1.54, 1.807) is 0 Å². The molecule has 1 amide bonds. The lowest BCUT2D eigenvalue weighted by molar-refractivity contribution is -0.870. The monoisotopic (exact) mass is 1160 g/mol. The molecule has 0 saturated heterocycles. The zero-order valence-corrected chi connectivity index (χ0v) is 56.0. The first kappa shape index (κ1) is 79.5. The molecule has 0 aromatic carbocycles. The second-order valence-electron chi connectivity index (χ2n) is 25.8. The SMILES string of the molecule is CCCCCCCC/C=C/CCCCCCCCCCCCCCCCCC(=O)OC(/C=C/CCCCCCCCCCC)C(COP(=O)(O)OCC[N+](C)(C)C)NC(=O)CCCCCCCCCCCCCCCCCCCCC. The lowest BCUT2D eigenvalue weighted by Gasteiger charge is -2.27. The fourth-order valence-electron chi connectivity index (χ4n) is 10.9. The van der Waals surface area contributed by atoms with Crippen molar-refractivity contribution in [1.82, 2.24) is 5.32 Å². The predicted octanol–water partition coefficient (Wildman–Crippen LogP) is 22.5. The summed E-state index contributed by atoms with van der Waals surface area (Å²) in [6, 6.07) is -0.842. The summed E-state index contributed by atoms with van der Waals surface area (Å²) in [5.41, 5.74) is 0. The van der Waals surface area contributed by atoms with E-state index in [-0.39, 0.29) is 25.1 Å². The molecule has 0 aromatic heterocycles. The molecule has 0 bridgehead atoms. The van der Waals surface area contributed by atoms with E-state index in [2.05, 4.69) is 38.2 Å². The van der Waals surface area contributed by atoms with Crippen molar-refractivity contribution in [1.29, 1.82) is 0 Å². The van der Waals surface area contributed by atoms with Gasteiger partial charge >= 0.3 is 13.8 Å². The second kappa shape index (κ2) is 61.6. The summed E-state index contributed by atoms with van der Waals surface area (Å²) in [6.45, 7) is 7.07. The van der Waals surface area contributed by atoms with Crippen molar-refractivity contribution in [3.63, 3.8) is 0 Å². The number of phosphoric acid groups is 1. The van der Waals surface area contributed by atoms with Gasteiger partial charge in [-0.15, -0.1) is 0 Å². The molecule has 2 N–H and O–H groups in total. The molecule has 0 saturated carbocycles. The van der Waals surface area contributed by atoms with Crippen molar-refractivity contribution >= 4 is 19.7 Å². The molecule has 0 aliphatic heterocycles. The average molecular weight is 1160 g/mol. The molecule has 3 unspecified atom stereocenters. The van der Waals surface area contributed by atoms with Gasteiger partial charge in [-0.3, -0.25) is 18.6 Å². The van der Waals surface area contributed by atoms with Crippen LogP contribution >= 0.6 is 7.82 Å². The predicted molar refractivity (Wildman–Crippen MR) is 351 cm³/mol. The number of rotatable bonds is 66. The van der Waals surface area contributed by atoms with Crippen molar-refractivity contribution in [3.05, 3.63) is 24.3 Å². The zero-order chi connectivity index (χ0) is 59.3. The number of ether oxygens (including phenoxy) is 1.